The fraction of sp³-hybridized carbons (Fsp3) is 0.0526. The number of carbonyl (C=O) groups is 1. The topological polar surface area (TPSA) is 68.1 Å². The number of hydrogen-bond acceptors (Lipinski definition) is 5. The number of rotatable bonds is 4. The lowest BCUT2D eigenvalue weighted by molar-refractivity contribution is -0.129. The molecule has 0 bridgehead atoms. The van der Waals surface area contributed by atoms with E-state index in [-0.39, 0.29) is 17.3 Å². The van der Waals surface area contributed by atoms with Crippen molar-refractivity contribution in [2.45, 2.75) is 0 Å². The zero-order chi connectivity index (χ0) is 17.8. The third kappa shape index (κ3) is 4.08. The molecule has 0 unspecified atom stereocenters. The second-order valence-electron chi connectivity index (χ2n) is 5.19. The van der Waals surface area contributed by atoms with Crippen molar-refractivity contribution >= 4 is 35.6 Å². The van der Waals surface area contributed by atoms with Crippen molar-refractivity contribution in [1.29, 1.82) is 0 Å². The van der Waals surface area contributed by atoms with Gasteiger partial charge in [-0.1, -0.05) is 29.8 Å². The van der Waals surface area contributed by atoms with E-state index in [0.717, 1.165) is 5.56 Å². The highest BCUT2D eigenvalue weighted by Crippen LogP contribution is 2.28. The van der Waals surface area contributed by atoms with Crippen LogP contribution in [0.25, 0.3) is 12.2 Å². The molecule has 0 aliphatic carbocycles. The van der Waals surface area contributed by atoms with Crippen LogP contribution in [0.4, 0.5) is 0 Å². The molecule has 0 atom stereocenters. The number of phenols is 1. The summed E-state index contributed by atoms with van der Waals surface area (Å²) in [5, 5.41) is 10.3. The van der Waals surface area contributed by atoms with Gasteiger partial charge in [0.1, 0.15) is 0 Å². The first-order valence-corrected chi connectivity index (χ1v) is 7.76. The number of nitrogens with zero attached hydrogens (tertiary/aromatic N) is 1. The molecule has 0 fully saturated rings. The van der Waals surface area contributed by atoms with Crippen molar-refractivity contribution in [1.82, 2.24) is 0 Å². The van der Waals surface area contributed by atoms with E-state index in [1.54, 1.807) is 42.5 Å². The monoisotopic (exact) mass is 355 g/mol. The summed E-state index contributed by atoms with van der Waals surface area (Å²) in [6.45, 7) is 0. The Labute approximate surface area is 149 Å². The predicted molar refractivity (Wildman–Crippen MR) is 96.6 cm³/mol. The normalized spacial score (nSPS) is 15.5. The minimum absolute atomic E-state index is 0.0220. The van der Waals surface area contributed by atoms with E-state index in [9.17, 15) is 9.90 Å². The van der Waals surface area contributed by atoms with Crippen molar-refractivity contribution in [2.75, 3.05) is 7.11 Å². The molecular weight excluding hydrogens is 342 g/mol. The summed E-state index contributed by atoms with van der Waals surface area (Å²) in [7, 11) is 1.45. The summed E-state index contributed by atoms with van der Waals surface area (Å²) >= 11 is 5.84. The second-order valence-corrected chi connectivity index (χ2v) is 5.62. The molecule has 0 spiro atoms. The lowest BCUT2D eigenvalue weighted by atomic mass is 10.1. The maximum atomic E-state index is 11.9. The van der Waals surface area contributed by atoms with Crippen LogP contribution >= 0.6 is 11.6 Å². The molecule has 2 aromatic rings. The van der Waals surface area contributed by atoms with Gasteiger partial charge in [-0.25, -0.2) is 9.79 Å². The fourth-order valence-corrected chi connectivity index (χ4v) is 2.31. The van der Waals surface area contributed by atoms with Crippen LogP contribution in [0.2, 0.25) is 5.02 Å². The standard InChI is InChI=1S/C19H14ClNO4/c1-24-17-11-13(4-8-16(17)22)10-15-19(23)25-18(21-15)9-5-12-2-6-14(20)7-3-12/h2-11,22H,1H3/b9-5+,15-10?. The number of esters is 1. The fourth-order valence-electron chi connectivity index (χ4n) is 2.18. The first-order valence-electron chi connectivity index (χ1n) is 7.38. The van der Waals surface area contributed by atoms with Gasteiger partial charge in [-0.2, -0.15) is 0 Å². The Balaban J connectivity index is 1.81. The van der Waals surface area contributed by atoms with Gasteiger partial charge >= 0.3 is 5.97 Å². The third-order valence-electron chi connectivity index (χ3n) is 3.43. The van der Waals surface area contributed by atoms with Gasteiger partial charge in [0, 0.05) is 11.1 Å². The predicted octanol–water partition coefficient (Wildman–Crippen LogP) is 4.06. The number of carbonyl (C=O) groups excluding carboxylic acids is 1. The third-order valence-corrected chi connectivity index (χ3v) is 3.68. The summed E-state index contributed by atoms with van der Waals surface area (Å²) in [6, 6.07) is 12.0. The van der Waals surface area contributed by atoms with Gasteiger partial charge in [0.15, 0.2) is 17.2 Å². The Kier molecular flexibility index (Phi) is 4.86. The Morgan fingerprint density at radius 1 is 1.12 bits per heavy atom. The Morgan fingerprint density at radius 2 is 1.84 bits per heavy atom. The van der Waals surface area contributed by atoms with E-state index in [0.29, 0.717) is 16.3 Å². The molecular formula is C19H14ClNO4. The van der Waals surface area contributed by atoms with Crippen LogP contribution in [0.5, 0.6) is 11.5 Å². The number of methoxy groups -OCH3 is 1. The van der Waals surface area contributed by atoms with Gasteiger partial charge in [-0.15, -0.1) is 0 Å². The minimum atomic E-state index is -0.539. The molecule has 25 heavy (non-hydrogen) atoms. The first-order chi connectivity index (χ1) is 12.0. The first kappa shape index (κ1) is 16.8. The molecule has 3 rings (SSSR count). The van der Waals surface area contributed by atoms with E-state index in [4.69, 9.17) is 21.1 Å². The molecule has 2 aromatic carbocycles. The van der Waals surface area contributed by atoms with Gasteiger partial charge in [0.25, 0.3) is 0 Å². The Hall–Kier alpha value is -3.05. The van der Waals surface area contributed by atoms with Crippen LogP contribution in [-0.4, -0.2) is 24.1 Å². The maximum absolute atomic E-state index is 11.9. The van der Waals surface area contributed by atoms with Gasteiger partial charge < -0.3 is 14.6 Å². The number of halogens is 1. The van der Waals surface area contributed by atoms with Gasteiger partial charge in [-0.05, 0) is 47.5 Å². The average molecular weight is 356 g/mol. The van der Waals surface area contributed by atoms with Crippen molar-refractivity contribution in [3.8, 4) is 11.5 Å². The highest BCUT2D eigenvalue weighted by Gasteiger charge is 2.21. The van der Waals surface area contributed by atoms with Crippen LogP contribution in [0.15, 0.2) is 59.2 Å². The molecule has 0 amide bonds. The van der Waals surface area contributed by atoms with Gasteiger partial charge in [0.05, 0.1) is 7.11 Å². The number of aromatic hydroxyl groups is 1. The minimum Gasteiger partial charge on any atom is -0.504 e. The maximum Gasteiger partial charge on any atom is 0.363 e. The van der Waals surface area contributed by atoms with Crippen LogP contribution in [0.3, 0.4) is 0 Å². The van der Waals surface area contributed by atoms with Crippen LogP contribution in [0, 0.1) is 0 Å². The number of aliphatic imine (C=N–C) groups is 1. The number of benzene rings is 2. The molecule has 1 aliphatic rings. The highest BCUT2D eigenvalue weighted by molar-refractivity contribution is 6.30. The largest absolute Gasteiger partial charge is 0.504 e. The Morgan fingerprint density at radius 3 is 2.56 bits per heavy atom. The van der Waals surface area contributed by atoms with Crippen molar-refractivity contribution in [3.63, 3.8) is 0 Å². The van der Waals surface area contributed by atoms with Gasteiger partial charge in [-0.3, -0.25) is 0 Å². The van der Waals surface area contributed by atoms with E-state index in [2.05, 4.69) is 4.99 Å². The summed E-state index contributed by atoms with van der Waals surface area (Å²) in [5.74, 6) is 0.000953. The van der Waals surface area contributed by atoms with E-state index < -0.39 is 5.97 Å². The summed E-state index contributed by atoms with van der Waals surface area (Å²) in [4.78, 5) is 16.1. The molecule has 5 nitrogen and oxygen atoms in total. The quantitative estimate of drug-likeness (QED) is 0.663. The van der Waals surface area contributed by atoms with Crippen molar-refractivity contribution in [3.05, 3.63) is 70.4 Å². The molecule has 0 aromatic heterocycles. The lowest BCUT2D eigenvalue weighted by Gasteiger charge is -2.03. The van der Waals surface area contributed by atoms with Crippen LogP contribution in [0.1, 0.15) is 11.1 Å². The van der Waals surface area contributed by atoms with Crippen LogP contribution < -0.4 is 4.74 Å². The van der Waals surface area contributed by atoms with E-state index in [1.165, 1.54) is 13.2 Å². The molecule has 1 aliphatic heterocycles. The number of phenolic OH excluding ortho intramolecular Hbond substituents is 1. The SMILES string of the molecule is COc1cc(C=C2N=C(/C=C/c3ccc(Cl)cc3)OC2=O)ccc1O. The molecule has 1 heterocycles. The number of ether oxygens (including phenoxy) is 2. The lowest BCUT2D eigenvalue weighted by Crippen LogP contribution is -2.01. The number of hydrogen-bond donors (Lipinski definition) is 1. The molecule has 6 heteroatoms. The molecule has 126 valence electrons. The van der Waals surface area contributed by atoms with E-state index in [1.807, 2.05) is 12.1 Å². The molecule has 0 radical (unpaired) electrons. The smallest absolute Gasteiger partial charge is 0.363 e. The molecule has 0 saturated heterocycles. The highest BCUT2D eigenvalue weighted by atomic mass is 35.5. The van der Waals surface area contributed by atoms with Crippen LogP contribution in [-0.2, 0) is 9.53 Å². The second kappa shape index (κ2) is 7.23. The van der Waals surface area contributed by atoms with E-state index >= 15 is 0 Å². The molecule has 0 saturated carbocycles. The van der Waals surface area contributed by atoms with Crippen molar-refractivity contribution < 1.29 is 19.4 Å². The summed E-state index contributed by atoms with van der Waals surface area (Å²) < 4.78 is 10.2. The number of cyclic esters (lactones) is 1. The average Bonchev–Trinajstić information content (AvgIpc) is 2.96. The summed E-state index contributed by atoms with van der Waals surface area (Å²) in [5.41, 5.74) is 1.74. The zero-order valence-electron chi connectivity index (χ0n) is 13.3. The Bertz CT molecular complexity index is 898. The summed E-state index contributed by atoms with van der Waals surface area (Å²) in [6.07, 6.45) is 4.95. The van der Waals surface area contributed by atoms with Gasteiger partial charge in [0.2, 0.25) is 5.90 Å². The zero-order valence-corrected chi connectivity index (χ0v) is 14.0. The van der Waals surface area contributed by atoms with Crippen molar-refractivity contribution in [2.24, 2.45) is 4.99 Å². The molecule has 1 N–H and O–H groups in total.